The van der Waals surface area contributed by atoms with Gasteiger partial charge in [-0.3, -0.25) is 13.9 Å². The van der Waals surface area contributed by atoms with Crippen molar-refractivity contribution in [3.05, 3.63) is 98.5 Å². The Hall–Kier alpha value is -2.78. The van der Waals surface area contributed by atoms with Gasteiger partial charge in [0.2, 0.25) is 21.8 Å². The van der Waals surface area contributed by atoms with E-state index >= 15 is 0 Å². The van der Waals surface area contributed by atoms with Gasteiger partial charge in [0.15, 0.2) is 0 Å². The largest absolute Gasteiger partial charge is 0.350 e. The lowest BCUT2D eigenvalue weighted by Gasteiger charge is -2.35. The van der Waals surface area contributed by atoms with Crippen molar-refractivity contribution >= 4 is 62.3 Å². The number of carbonyl (C=O) groups is 2. The molecule has 2 amide bonds. The van der Waals surface area contributed by atoms with Gasteiger partial charge in [0.05, 0.1) is 11.9 Å². The highest BCUT2D eigenvalue weighted by Gasteiger charge is 2.35. The predicted octanol–water partition coefficient (Wildman–Crippen LogP) is 6.28. The number of nitrogens with zero attached hydrogens (tertiary/aromatic N) is 2. The van der Waals surface area contributed by atoms with Gasteiger partial charge in [0, 0.05) is 39.1 Å². The van der Waals surface area contributed by atoms with Crippen LogP contribution in [-0.2, 0) is 32.6 Å². The monoisotopic (exact) mass is 637 g/mol. The Morgan fingerprint density at radius 3 is 2.07 bits per heavy atom. The van der Waals surface area contributed by atoms with Crippen LogP contribution in [0.1, 0.15) is 37.5 Å². The first-order valence-corrected chi connectivity index (χ1v) is 15.9. The normalized spacial score (nSPS) is 12.5. The number of aryl methyl sites for hydroxylation is 1. The van der Waals surface area contributed by atoms with Gasteiger partial charge in [-0.2, -0.15) is 0 Å². The molecule has 0 saturated heterocycles. The van der Waals surface area contributed by atoms with E-state index in [2.05, 4.69) is 5.32 Å². The highest BCUT2D eigenvalue weighted by atomic mass is 35.5. The molecule has 0 aliphatic rings. The van der Waals surface area contributed by atoms with Gasteiger partial charge in [-0.25, -0.2) is 8.42 Å². The highest BCUT2D eigenvalue weighted by Crippen LogP contribution is 2.29. The molecule has 0 aliphatic carbocycles. The molecular weight excluding hydrogens is 605 g/mol. The molecule has 1 N–H and O–H groups in total. The fraction of sp³-hybridized carbons (Fsp3) is 0.333. The van der Waals surface area contributed by atoms with Gasteiger partial charge in [-0.15, -0.1) is 0 Å². The van der Waals surface area contributed by atoms with Crippen LogP contribution >= 0.6 is 34.8 Å². The summed E-state index contributed by atoms with van der Waals surface area (Å²) < 4.78 is 27.0. The van der Waals surface area contributed by atoms with Crippen molar-refractivity contribution in [1.29, 1.82) is 0 Å². The van der Waals surface area contributed by atoms with Crippen LogP contribution in [0.3, 0.4) is 0 Å². The molecule has 3 aromatic carbocycles. The van der Waals surface area contributed by atoms with E-state index < -0.39 is 40.0 Å². The molecule has 0 bridgehead atoms. The molecule has 7 nitrogen and oxygen atoms in total. The van der Waals surface area contributed by atoms with Gasteiger partial charge < -0.3 is 10.2 Å². The van der Waals surface area contributed by atoms with Crippen molar-refractivity contribution < 1.29 is 18.0 Å². The van der Waals surface area contributed by atoms with Crippen molar-refractivity contribution in [1.82, 2.24) is 10.2 Å². The summed E-state index contributed by atoms with van der Waals surface area (Å²) in [6, 6.07) is 18.0. The maximum Gasteiger partial charge on any atom is 0.244 e. The molecule has 11 heteroatoms. The SMILES string of the molecule is Cc1cc(Cl)ccc1N(CC(=O)N(Cc1c(Cl)cccc1Cl)[C@@H](Cc1ccccc1)C(=O)NC(C)(C)C)S(C)(=O)=O. The van der Waals surface area contributed by atoms with E-state index in [1.165, 1.54) is 4.90 Å². The van der Waals surface area contributed by atoms with Crippen molar-refractivity contribution in [2.45, 2.75) is 52.2 Å². The summed E-state index contributed by atoms with van der Waals surface area (Å²) in [7, 11) is -3.91. The third kappa shape index (κ3) is 9.10. The first kappa shape index (κ1) is 32.7. The standard InChI is InChI=1S/C30H34Cl3N3O4S/c1-20-16-22(31)14-15-26(20)36(41(5,39)40)19-28(37)35(18-23-24(32)12-9-13-25(23)33)27(29(38)34-30(2,3)4)17-21-10-7-6-8-11-21/h6-16,27H,17-19H2,1-5H3,(H,34,38)/t27-/m0/s1. The average Bonchev–Trinajstić information content (AvgIpc) is 2.85. The van der Waals surface area contributed by atoms with Gasteiger partial charge in [-0.1, -0.05) is 71.2 Å². The van der Waals surface area contributed by atoms with E-state index in [1.807, 2.05) is 51.1 Å². The number of anilines is 1. The third-order valence-electron chi connectivity index (χ3n) is 6.27. The molecule has 0 aromatic heterocycles. The van der Waals surface area contributed by atoms with Crippen LogP contribution in [-0.4, -0.2) is 49.5 Å². The van der Waals surface area contributed by atoms with Crippen molar-refractivity contribution in [2.24, 2.45) is 0 Å². The lowest BCUT2D eigenvalue weighted by molar-refractivity contribution is -0.140. The number of hydrogen-bond donors (Lipinski definition) is 1. The lowest BCUT2D eigenvalue weighted by Crippen LogP contribution is -2.56. The predicted molar refractivity (Wildman–Crippen MR) is 167 cm³/mol. The molecule has 0 aliphatic heterocycles. The van der Waals surface area contributed by atoms with Gasteiger partial charge in [-0.05, 0) is 69.2 Å². The van der Waals surface area contributed by atoms with E-state index in [1.54, 1.807) is 43.3 Å². The summed E-state index contributed by atoms with van der Waals surface area (Å²) in [6.07, 6.45) is 1.20. The number of sulfonamides is 1. The number of halogens is 3. The molecule has 41 heavy (non-hydrogen) atoms. The minimum absolute atomic E-state index is 0.121. The van der Waals surface area contributed by atoms with Crippen LogP contribution in [0.5, 0.6) is 0 Å². The van der Waals surface area contributed by atoms with Crippen LogP contribution in [0.4, 0.5) is 5.69 Å². The summed E-state index contributed by atoms with van der Waals surface area (Å²) >= 11 is 19.1. The fourth-order valence-electron chi connectivity index (χ4n) is 4.35. The van der Waals surface area contributed by atoms with Crippen molar-refractivity contribution in [3.8, 4) is 0 Å². The van der Waals surface area contributed by atoms with Crippen LogP contribution in [0.15, 0.2) is 66.7 Å². The number of nitrogens with one attached hydrogen (secondary N) is 1. The van der Waals surface area contributed by atoms with E-state index in [0.717, 1.165) is 16.1 Å². The Bertz CT molecular complexity index is 1490. The molecule has 0 fully saturated rings. The summed E-state index contributed by atoms with van der Waals surface area (Å²) in [5.41, 5.74) is 1.54. The minimum Gasteiger partial charge on any atom is -0.350 e. The van der Waals surface area contributed by atoms with E-state index in [9.17, 15) is 18.0 Å². The maximum absolute atomic E-state index is 14.2. The smallest absolute Gasteiger partial charge is 0.244 e. The number of carbonyl (C=O) groups excluding carboxylic acids is 2. The summed E-state index contributed by atoms with van der Waals surface area (Å²) in [4.78, 5) is 29.4. The highest BCUT2D eigenvalue weighted by molar-refractivity contribution is 7.92. The zero-order chi connectivity index (χ0) is 30.5. The van der Waals surface area contributed by atoms with Gasteiger partial charge in [0.1, 0.15) is 12.6 Å². The van der Waals surface area contributed by atoms with Crippen molar-refractivity contribution in [3.63, 3.8) is 0 Å². The Morgan fingerprint density at radius 1 is 0.927 bits per heavy atom. The van der Waals surface area contributed by atoms with E-state index in [-0.39, 0.29) is 13.0 Å². The molecule has 0 unspecified atom stereocenters. The molecule has 220 valence electrons. The summed E-state index contributed by atoms with van der Waals surface area (Å²) in [5, 5.41) is 4.04. The summed E-state index contributed by atoms with van der Waals surface area (Å²) in [6.45, 7) is 6.56. The zero-order valence-electron chi connectivity index (χ0n) is 23.6. The first-order valence-electron chi connectivity index (χ1n) is 12.9. The van der Waals surface area contributed by atoms with Crippen LogP contribution < -0.4 is 9.62 Å². The second kappa shape index (κ2) is 13.5. The molecule has 0 saturated carbocycles. The van der Waals surface area contributed by atoms with E-state index in [4.69, 9.17) is 34.8 Å². The molecule has 0 heterocycles. The van der Waals surface area contributed by atoms with Crippen LogP contribution in [0.2, 0.25) is 15.1 Å². The Labute approximate surface area is 257 Å². The summed E-state index contributed by atoms with van der Waals surface area (Å²) in [5.74, 6) is -1.00. The quantitative estimate of drug-likeness (QED) is 0.283. The average molecular weight is 639 g/mol. The molecular formula is C30H34Cl3N3O4S. The number of rotatable bonds is 10. The number of hydrogen-bond acceptors (Lipinski definition) is 4. The topological polar surface area (TPSA) is 86.8 Å². The zero-order valence-corrected chi connectivity index (χ0v) is 26.7. The maximum atomic E-state index is 14.2. The van der Waals surface area contributed by atoms with Crippen molar-refractivity contribution in [2.75, 3.05) is 17.1 Å². The number of benzene rings is 3. The van der Waals surface area contributed by atoms with Crippen LogP contribution in [0, 0.1) is 6.92 Å². The second-order valence-corrected chi connectivity index (χ2v) is 14.0. The molecule has 0 radical (unpaired) electrons. The third-order valence-corrected chi connectivity index (χ3v) is 8.34. The van der Waals surface area contributed by atoms with Gasteiger partial charge in [0.25, 0.3) is 0 Å². The lowest BCUT2D eigenvalue weighted by atomic mass is 10.0. The van der Waals surface area contributed by atoms with Gasteiger partial charge >= 0.3 is 0 Å². The van der Waals surface area contributed by atoms with Crippen LogP contribution in [0.25, 0.3) is 0 Å². The number of amides is 2. The second-order valence-electron chi connectivity index (χ2n) is 10.9. The van der Waals surface area contributed by atoms with E-state index in [0.29, 0.717) is 31.9 Å². The molecule has 0 spiro atoms. The molecule has 3 aromatic rings. The Kier molecular flexibility index (Phi) is 10.7. The Morgan fingerprint density at radius 2 is 1.54 bits per heavy atom. The fourth-order valence-corrected chi connectivity index (χ4v) is 6.00. The first-order chi connectivity index (χ1) is 19.1. The molecule has 3 rings (SSSR count). The Balaban J connectivity index is 2.14. The molecule has 1 atom stereocenters. The minimum atomic E-state index is -3.91.